The summed E-state index contributed by atoms with van der Waals surface area (Å²) in [4.78, 5) is 27.2. The summed E-state index contributed by atoms with van der Waals surface area (Å²) >= 11 is 3.16. The molecule has 2 heterocycles. The normalized spacial score (nSPS) is 10.8. The first kappa shape index (κ1) is 17.6. The molecule has 3 rings (SSSR count). The van der Waals surface area contributed by atoms with Crippen LogP contribution in [0.2, 0.25) is 0 Å². The van der Waals surface area contributed by atoms with Gasteiger partial charge in [-0.05, 0) is 44.4 Å². The molecular weight excluding hydrogens is 354 g/mol. The summed E-state index contributed by atoms with van der Waals surface area (Å²) in [5.41, 5.74) is 2.25. The molecule has 0 radical (unpaired) electrons. The largest absolute Gasteiger partial charge is 0.339 e. The lowest BCUT2D eigenvalue weighted by Crippen LogP contribution is -2.30. The van der Waals surface area contributed by atoms with Gasteiger partial charge in [-0.25, -0.2) is 15.0 Å². The quantitative estimate of drug-likeness (QED) is 0.658. The van der Waals surface area contributed by atoms with Crippen LogP contribution in [0.1, 0.15) is 24.2 Å². The Balaban J connectivity index is 1.82. The number of nitrogens with zero attached hydrogens (tertiary/aromatic N) is 4. The number of carbonyl (C=O) groups excluding carboxylic acids is 1. The fourth-order valence-electron chi connectivity index (χ4n) is 2.44. The molecule has 1 amide bonds. The topological polar surface area (TPSA) is 71.0 Å². The van der Waals surface area contributed by atoms with Gasteiger partial charge in [-0.15, -0.1) is 11.3 Å². The first-order chi connectivity index (χ1) is 12.2. The number of rotatable bonds is 6. The first-order valence-corrected chi connectivity index (χ1v) is 10.0. The molecule has 0 fully saturated rings. The molecule has 0 aliphatic carbocycles. The second kappa shape index (κ2) is 7.79. The minimum atomic E-state index is 0.0491. The average Bonchev–Trinajstić information content (AvgIpc) is 3.08. The third kappa shape index (κ3) is 3.74. The van der Waals surface area contributed by atoms with Gasteiger partial charge in [-0.2, -0.15) is 0 Å². The van der Waals surface area contributed by atoms with Gasteiger partial charge in [0.25, 0.3) is 5.91 Å². The number of carbonyl (C=O) groups is 1. The van der Waals surface area contributed by atoms with Gasteiger partial charge in [0.1, 0.15) is 11.0 Å². The number of hydrogen-bond acceptors (Lipinski definition) is 7. The molecule has 0 unspecified atom stereocenters. The van der Waals surface area contributed by atoms with E-state index in [4.69, 9.17) is 0 Å². The van der Waals surface area contributed by atoms with Crippen LogP contribution in [0.4, 0.5) is 11.5 Å². The van der Waals surface area contributed by atoms with Gasteiger partial charge < -0.3 is 10.2 Å². The molecule has 3 aromatic rings. The predicted octanol–water partition coefficient (Wildman–Crippen LogP) is 4.03. The van der Waals surface area contributed by atoms with E-state index < -0.39 is 0 Å². The number of hydrogen-bond donors (Lipinski definition) is 1. The van der Waals surface area contributed by atoms with Crippen LogP contribution < -0.4 is 5.32 Å². The van der Waals surface area contributed by atoms with E-state index in [1.165, 1.54) is 6.33 Å². The van der Waals surface area contributed by atoms with Crippen LogP contribution in [0.5, 0.6) is 0 Å². The molecule has 130 valence electrons. The summed E-state index contributed by atoms with van der Waals surface area (Å²) < 4.78 is 1.88. The standard InChI is InChI=1S/C17H19N5OS2/c1-4-22(5-2)16(23)11-6-8-12(9-7-11)20-14-13-15(19-10-18-14)21-17(24-3)25-13/h6-10H,4-5H2,1-3H3,(H,18,19,20). The third-order valence-electron chi connectivity index (χ3n) is 3.79. The van der Waals surface area contributed by atoms with Gasteiger partial charge in [0.15, 0.2) is 15.8 Å². The predicted molar refractivity (Wildman–Crippen MR) is 104 cm³/mol. The van der Waals surface area contributed by atoms with Crippen molar-refractivity contribution in [3.8, 4) is 0 Å². The number of thiazole rings is 1. The van der Waals surface area contributed by atoms with Crippen LogP contribution in [-0.2, 0) is 0 Å². The van der Waals surface area contributed by atoms with E-state index >= 15 is 0 Å². The molecule has 1 N–H and O–H groups in total. The minimum Gasteiger partial charge on any atom is -0.339 e. The highest BCUT2D eigenvalue weighted by Gasteiger charge is 2.13. The van der Waals surface area contributed by atoms with Crippen LogP contribution >= 0.6 is 23.1 Å². The first-order valence-electron chi connectivity index (χ1n) is 7.98. The monoisotopic (exact) mass is 373 g/mol. The van der Waals surface area contributed by atoms with Gasteiger partial charge in [0.05, 0.1) is 0 Å². The Hall–Kier alpha value is -2.19. The Bertz CT molecular complexity index is 874. The highest BCUT2D eigenvalue weighted by atomic mass is 32.2. The van der Waals surface area contributed by atoms with E-state index in [0.717, 1.165) is 20.5 Å². The zero-order valence-electron chi connectivity index (χ0n) is 14.3. The minimum absolute atomic E-state index is 0.0491. The van der Waals surface area contributed by atoms with Crippen LogP contribution in [0, 0.1) is 0 Å². The number of amides is 1. The van der Waals surface area contributed by atoms with Gasteiger partial charge >= 0.3 is 0 Å². The maximum absolute atomic E-state index is 12.4. The van der Waals surface area contributed by atoms with Crippen molar-refractivity contribution in [2.24, 2.45) is 0 Å². The van der Waals surface area contributed by atoms with Crippen molar-refractivity contribution < 1.29 is 4.79 Å². The van der Waals surface area contributed by atoms with Crippen molar-refractivity contribution in [2.45, 2.75) is 18.2 Å². The molecule has 6 nitrogen and oxygen atoms in total. The number of aromatic nitrogens is 3. The van der Waals surface area contributed by atoms with Gasteiger partial charge in [0.2, 0.25) is 0 Å². The molecule has 1 aromatic carbocycles. The smallest absolute Gasteiger partial charge is 0.253 e. The van der Waals surface area contributed by atoms with Gasteiger partial charge in [0, 0.05) is 24.3 Å². The van der Waals surface area contributed by atoms with Gasteiger partial charge in [-0.1, -0.05) is 11.8 Å². The highest BCUT2D eigenvalue weighted by molar-refractivity contribution is 8.00. The Kier molecular flexibility index (Phi) is 5.50. The summed E-state index contributed by atoms with van der Waals surface area (Å²) in [6, 6.07) is 7.45. The van der Waals surface area contributed by atoms with E-state index in [1.807, 2.05) is 44.4 Å². The van der Waals surface area contributed by atoms with Crippen molar-refractivity contribution in [1.82, 2.24) is 19.9 Å². The van der Waals surface area contributed by atoms with E-state index in [1.54, 1.807) is 28.0 Å². The van der Waals surface area contributed by atoms with Gasteiger partial charge in [-0.3, -0.25) is 4.79 Å². The van der Waals surface area contributed by atoms with Crippen LogP contribution in [0.25, 0.3) is 10.3 Å². The zero-order chi connectivity index (χ0) is 17.8. The summed E-state index contributed by atoms with van der Waals surface area (Å²) in [6.45, 7) is 5.37. The lowest BCUT2D eigenvalue weighted by molar-refractivity contribution is 0.0773. The van der Waals surface area contributed by atoms with Crippen LogP contribution in [0.3, 0.4) is 0 Å². The molecule has 0 saturated carbocycles. The number of nitrogens with one attached hydrogen (secondary N) is 1. The summed E-state index contributed by atoms with van der Waals surface area (Å²) in [5.74, 6) is 0.777. The number of thioether (sulfide) groups is 1. The number of fused-ring (bicyclic) bond motifs is 1. The summed E-state index contributed by atoms with van der Waals surface area (Å²) in [7, 11) is 0. The summed E-state index contributed by atoms with van der Waals surface area (Å²) in [5, 5.41) is 3.29. The third-order valence-corrected chi connectivity index (χ3v) is 5.83. The lowest BCUT2D eigenvalue weighted by atomic mass is 10.2. The fraction of sp³-hybridized carbons (Fsp3) is 0.294. The molecule has 0 bridgehead atoms. The molecular formula is C17H19N5OS2. The average molecular weight is 374 g/mol. The van der Waals surface area contributed by atoms with Crippen molar-refractivity contribution in [1.29, 1.82) is 0 Å². The zero-order valence-corrected chi connectivity index (χ0v) is 15.9. The second-order valence-electron chi connectivity index (χ2n) is 5.24. The molecule has 0 aliphatic rings. The molecule has 0 spiro atoms. The Morgan fingerprint density at radius 1 is 1.20 bits per heavy atom. The van der Waals surface area contributed by atoms with E-state index in [2.05, 4.69) is 20.3 Å². The Labute approximate surface area is 154 Å². The van der Waals surface area contributed by atoms with Crippen molar-refractivity contribution in [3.63, 3.8) is 0 Å². The number of benzene rings is 1. The molecule has 8 heteroatoms. The van der Waals surface area contributed by atoms with Crippen molar-refractivity contribution >= 4 is 50.9 Å². The molecule has 0 saturated heterocycles. The second-order valence-corrected chi connectivity index (χ2v) is 7.29. The van der Waals surface area contributed by atoms with Crippen LogP contribution in [0.15, 0.2) is 34.9 Å². The van der Waals surface area contributed by atoms with Crippen molar-refractivity contribution in [2.75, 3.05) is 24.7 Å². The molecule has 2 aromatic heterocycles. The highest BCUT2D eigenvalue weighted by Crippen LogP contribution is 2.32. The lowest BCUT2D eigenvalue weighted by Gasteiger charge is -2.18. The Morgan fingerprint density at radius 3 is 2.56 bits per heavy atom. The fourth-order valence-corrected chi connectivity index (χ4v) is 3.90. The van der Waals surface area contributed by atoms with Crippen LogP contribution in [-0.4, -0.2) is 45.1 Å². The maximum Gasteiger partial charge on any atom is 0.253 e. The molecule has 0 atom stereocenters. The summed E-state index contributed by atoms with van der Waals surface area (Å²) in [6.07, 6.45) is 3.50. The SMILES string of the molecule is CCN(CC)C(=O)c1ccc(Nc2ncnc3nc(SC)sc23)cc1. The maximum atomic E-state index is 12.4. The molecule has 0 aliphatic heterocycles. The Morgan fingerprint density at radius 2 is 1.92 bits per heavy atom. The van der Waals surface area contributed by atoms with E-state index in [9.17, 15) is 4.79 Å². The molecule has 25 heavy (non-hydrogen) atoms. The van der Waals surface area contributed by atoms with E-state index in [0.29, 0.717) is 24.3 Å². The number of anilines is 2. The van der Waals surface area contributed by atoms with Crippen molar-refractivity contribution in [3.05, 3.63) is 36.2 Å². The van der Waals surface area contributed by atoms with E-state index in [-0.39, 0.29) is 5.91 Å².